The van der Waals surface area contributed by atoms with Gasteiger partial charge in [0.05, 0.1) is 12.3 Å². The van der Waals surface area contributed by atoms with Gasteiger partial charge in [0.25, 0.3) is 0 Å². The molecule has 1 aliphatic heterocycles. The molecule has 1 amide bonds. The van der Waals surface area contributed by atoms with E-state index in [2.05, 4.69) is 28.3 Å². The zero-order chi connectivity index (χ0) is 17.4. The molecule has 0 N–H and O–H groups in total. The number of rotatable bonds is 4. The fourth-order valence-corrected chi connectivity index (χ4v) is 3.21. The van der Waals surface area contributed by atoms with Crippen molar-refractivity contribution in [3.63, 3.8) is 0 Å². The Kier molecular flexibility index (Phi) is 3.99. The number of amides is 1. The third-order valence-electron chi connectivity index (χ3n) is 4.78. The summed E-state index contributed by atoms with van der Waals surface area (Å²) in [5.41, 5.74) is 1.08. The summed E-state index contributed by atoms with van der Waals surface area (Å²) in [6.07, 6.45) is 0.426. The number of likely N-dealkylation sites (tertiary alicyclic amines) is 1. The summed E-state index contributed by atoms with van der Waals surface area (Å²) in [6, 6.07) is 14.3. The zero-order valence-corrected chi connectivity index (χ0v) is 14.5. The molecule has 0 unspecified atom stereocenters. The zero-order valence-electron chi connectivity index (χ0n) is 14.5. The number of hydrogen-bond donors (Lipinski definition) is 0. The predicted octanol–water partition coefficient (Wildman–Crippen LogP) is 3.51. The number of nitrogens with zero attached hydrogens (tertiary/aromatic N) is 3. The van der Waals surface area contributed by atoms with Crippen molar-refractivity contribution in [3.8, 4) is 0 Å². The molecule has 2 heterocycles. The van der Waals surface area contributed by atoms with Gasteiger partial charge < -0.3 is 9.42 Å². The lowest BCUT2D eigenvalue weighted by atomic mass is 9.97. The van der Waals surface area contributed by atoms with Crippen LogP contribution in [-0.2, 0) is 11.2 Å². The minimum Gasteiger partial charge on any atom is -0.341 e. The van der Waals surface area contributed by atoms with Crippen LogP contribution < -0.4 is 0 Å². The van der Waals surface area contributed by atoms with Gasteiger partial charge in [-0.1, -0.05) is 61.5 Å². The van der Waals surface area contributed by atoms with Crippen LogP contribution in [0.3, 0.4) is 0 Å². The average molecular weight is 335 g/mol. The van der Waals surface area contributed by atoms with Crippen LogP contribution in [0.1, 0.15) is 43.0 Å². The Morgan fingerprint density at radius 2 is 1.96 bits per heavy atom. The van der Waals surface area contributed by atoms with E-state index in [4.69, 9.17) is 4.52 Å². The van der Waals surface area contributed by atoms with Crippen molar-refractivity contribution < 1.29 is 9.32 Å². The molecule has 1 fully saturated rings. The maximum Gasteiger partial charge on any atom is 0.233 e. The largest absolute Gasteiger partial charge is 0.341 e. The molecule has 5 heteroatoms. The highest BCUT2D eigenvalue weighted by Crippen LogP contribution is 2.28. The van der Waals surface area contributed by atoms with E-state index in [1.165, 1.54) is 5.39 Å². The minimum atomic E-state index is 0.149. The standard InChI is InChI=1S/C20H21N3O2/c1-13(2)19-21-20(25-22-19)16-11-23(12-16)18(24)10-15-8-5-7-14-6-3-4-9-17(14)15/h3-9,13,16H,10-12H2,1-2H3. The lowest BCUT2D eigenvalue weighted by Gasteiger charge is -2.37. The highest BCUT2D eigenvalue weighted by molar-refractivity contribution is 5.90. The summed E-state index contributed by atoms with van der Waals surface area (Å²) in [5.74, 6) is 1.95. The smallest absolute Gasteiger partial charge is 0.233 e. The topological polar surface area (TPSA) is 59.2 Å². The predicted molar refractivity (Wildman–Crippen MR) is 95.4 cm³/mol. The van der Waals surface area contributed by atoms with Crippen LogP contribution in [0.5, 0.6) is 0 Å². The number of benzene rings is 2. The van der Waals surface area contributed by atoms with E-state index in [-0.39, 0.29) is 17.7 Å². The molecule has 0 spiro atoms. The number of carbonyl (C=O) groups is 1. The Labute approximate surface area is 146 Å². The highest BCUT2D eigenvalue weighted by atomic mass is 16.5. The average Bonchev–Trinajstić information content (AvgIpc) is 3.04. The molecule has 2 aromatic carbocycles. The van der Waals surface area contributed by atoms with Gasteiger partial charge in [0, 0.05) is 19.0 Å². The van der Waals surface area contributed by atoms with E-state index >= 15 is 0 Å². The van der Waals surface area contributed by atoms with Crippen LogP contribution in [0.15, 0.2) is 47.0 Å². The maximum atomic E-state index is 12.6. The Morgan fingerprint density at radius 3 is 2.72 bits per heavy atom. The third-order valence-corrected chi connectivity index (χ3v) is 4.78. The molecular formula is C20H21N3O2. The summed E-state index contributed by atoms with van der Waals surface area (Å²) in [6.45, 7) is 5.39. The Balaban J connectivity index is 1.41. The summed E-state index contributed by atoms with van der Waals surface area (Å²) in [4.78, 5) is 18.9. The molecule has 3 aromatic rings. The van der Waals surface area contributed by atoms with Gasteiger partial charge in [-0.25, -0.2) is 0 Å². The van der Waals surface area contributed by atoms with Gasteiger partial charge in [0.15, 0.2) is 5.82 Å². The number of carbonyl (C=O) groups excluding carboxylic acids is 1. The first-order valence-electron chi connectivity index (χ1n) is 8.69. The van der Waals surface area contributed by atoms with E-state index < -0.39 is 0 Å². The van der Waals surface area contributed by atoms with Crippen molar-refractivity contribution in [1.29, 1.82) is 0 Å². The molecule has 0 radical (unpaired) electrons. The van der Waals surface area contributed by atoms with E-state index in [0.717, 1.165) is 16.8 Å². The van der Waals surface area contributed by atoms with Gasteiger partial charge in [-0.2, -0.15) is 4.98 Å². The Morgan fingerprint density at radius 1 is 1.20 bits per heavy atom. The first-order valence-corrected chi connectivity index (χ1v) is 8.69. The summed E-state index contributed by atoms with van der Waals surface area (Å²) < 4.78 is 5.33. The molecule has 1 aliphatic rings. The summed E-state index contributed by atoms with van der Waals surface area (Å²) in [7, 11) is 0. The first-order chi connectivity index (χ1) is 12.1. The molecule has 5 nitrogen and oxygen atoms in total. The van der Waals surface area contributed by atoms with E-state index in [9.17, 15) is 4.79 Å². The van der Waals surface area contributed by atoms with Gasteiger partial charge in [-0.3, -0.25) is 4.79 Å². The van der Waals surface area contributed by atoms with Crippen LogP contribution in [0, 0.1) is 0 Å². The quantitative estimate of drug-likeness (QED) is 0.732. The molecule has 0 aliphatic carbocycles. The van der Waals surface area contributed by atoms with E-state index in [0.29, 0.717) is 25.4 Å². The van der Waals surface area contributed by atoms with Crippen molar-refractivity contribution in [1.82, 2.24) is 15.0 Å². The van der Waals surface area contributed by atoms with Crippen molar-refractivity contribution in [2.75, 3.05) is 13.1 Å². The monoisotopic (exact) mass is 335 g/mol. The van der Waals surface area contributed by atoms with Crippen molar-refractivity contribution in [2.24, 2.45) is 0 Å². The van der Waals surface area contributed by atoms with Crippen LogP contribution in [0.25, 0.3) is 10.8 Å². The SMILES string of the molecule is CC(C)c1noc(C2CN(C(=O)Cc3cccc4ccccc34)C2)n1. The number of fused-ring (bicyclic) bond motifs is 1. The number of hydrogen-bond acceptors (Lipinski definition) is 4. The second kappa shape index (κ2) is 6.31. The second-order valence-electron chi connectivity index (χ2n) is 6.96. The van der Waals surface area contributed by atoms with Crippen LogP contribution in [-0.4, -0.2) is 34.0 Å². The van der Waals surface area contributed by atoms with Gasteiger partial charge in [0.1, 0.15) is 0 Å². The maximum absolute atomic E-state index is 12.6. The number of aromatic nitrogens is 2. The molecule has 4 rings (SSSR count). The normalized spacial score (nSPS) is 14.9. The van der Waals surface area contributed by atoms with E-state index in [1.807, 2.05) is 43.0 Å². The fourth-order valence-electron chi connectivity index (χ4n) is 3.21. The van der Waals surface area contributed by atoms with Gasteiger partial charge in [0.2, 0.25) is 11.8 Å². The Hall–Kier alpha value is -2.69. The van der Waals surface area contributed by atoms with Crippen molar-refractivity contribution >= 4 is 16.7 Å². The van der Waals surface area contributed by atoms with Gasteiger partial charge in [-0.05, 0) is 16.3 Å². The molecule has 0 bridgehead atoms. The van der Waals surface area contributed by atoms with Crippen molar-refractivity contribution in [3.05, 3.63) is 59.7 Å². The molecule has 0 atom stereocenters. The lowest BCUT2D eigenvalue weighted by Crippen LogP contribution is -2.49. The molecule has 25 heavy (non-hydrogen) atoms. The van der Waals surface area contributed by atoms with Gasteiger partial charge >= 0.3 is 0 Å². The molecule has 0 saturated carbocycles. The fraction of sp³-hybridized carbons (Fsp3) is 0.350. The molecule has 1 saturated heterocycles. The lowest BCUT2D eigenvalue weighted by molar-refractivity contribution is -0.135. The first kappa shape index (κ1) is 15.8. The van der Waals surface area contributed by atoms with Crippen LogP contribution >= 0.6 is 0 Å². The molecular weight excluding hydrogens is 314 g/mol. The molecule has 1 aromatic heterocycles. The summed E-state index contributed by atoms with van der Waals surface area (Å²) >= 11 is 0. The van der Waals surface area contributed by atoms with Crippen LogP contribution in [0.4, 0.5) is 0 Å². The second-order valence-corrected chi connectivity index (χ2v) is 6.96. The minimum absolute atomic E-state index is 0.149. The summed E-state index contributed by atoms with van der Waals surface area (Å²) in [5, 5.41) is 6.32. The van der Waals surface area contributed by atoms with Crippen LogP contribution in [0.2, 0.25) is 0 Å². The Bertz CT molecular complexity index is 905. The van der Waals surface area contributed by atoms with Crippen molar-refractivity contribution in [2.45, 2.75) is 32.1 Å². The molecule has 128 valence electrons. The highest BCUT2D eigenvalue weighted by Gasteiger charge is 2.35. The third kappa shape index (κ3) is 3.02. The van der Waals surface area contributed by atoms with Gasteiger partial charge in [-0.15, -0.1) is 0 Å². The van der Waals surface area contributed by atoms with E-state index in [1.54, 1.807) is 0 Å².